The van der Waals surface area contributed by atoms with Crippen molar-refractivity contribution in [3.8, 4) is 0 Å². The monoisotopic (exact) mass is 503 g/mol. The fraction of sp³-hybridized carbons (Fsp3) is 0.0741. The van der Waals surface area contributed by atoms with Gasteiger partial charge in [0.05, 0.1) is 27.6 Å². The average molecular weight is 504 g/mol. The first kappa shape index (κ1) is 22.9. The molecule has 1 aliphatic rings. The molecule has 1 aliphatic heterocycles. The second-order valence-electron chi connectivity index (χ2n) is 8.19. The first-order chi connectivity index (χ1) is 16.8. The first-order valence-corrected chi connectivity index (χ1v) is 11.5. The van der Waals surface area contributed by atoms with E-state index in [1.807, 2.05) is 60.8 Å². The molecular weight excluding hydrogens is 485 g/mol. The van der Waals surface area contributed by atoms with Crippen LogP contribution in [0.2, 0.25) is 10.0 Å². The highest BCUT2D eigenvalue weighted by molar-refractivity contribution is 6.34. The van der Waals surface area contributed by atoms with Crippen LogP contribution in [0.15, 0.2) is 83.6 Å². The van der Waals surface area contributed by atoms with Gasteiger partial charge in [0, 0.05) is 34.2 Å². The van der Waals surface area contributed by atoms with Gasteiger partial charge in [0.25, 0.3) is 5.91 Å². The number of rotatable bonds is 5. The molecule has 0 bridgehead atoms. The fourth-order valence-electron chi connectivity index (χ4n) is 4.13. The van der Waals surface area contributed by atoms with Crippen molar-refractivity contribution in [2.75, 3.05) is 5.01 Å². The Labute approximate surface area is 211 Å². The summed E-state index contributed by atoms with van der Waals surface area (Å²) in [6.45, 7) is 2.40. The van der Waals surface area contributed by atoms with Gasteiger partial charge in [-0.15, -0.1) is 0 Å². The van der Waals surface area contributed by atoms with Crippen molar-refractivity contribution in [1.29, 1.82) is 0 Å². The normalized spacial score (nSPS) is 14.7. The van der Waals surface area contributed by atoms with Crippen LogP contribution in [-0.2, 0) is 11.3 Å². The van der Waals surface area contributed by atoms with Crippen molar-refractivity contribution in [2.45, 2.75) is 13.5 Å². The maximum absolute atomic E-state index is 13.3. The third-order valence-electron chi connectivity index (χ3n) is 5.87. The highest BCUT2D eigenvalue weighted by Gasteiger charge is 2.30. The Kier molecular flexibility index (Phi) is 5.93. The number of hydrogen-bond acceptors (Lipinski definition) is 3. The molecule has 174 valence electrons. The summed E-state index contributed by atoms with van der Waals surface area (Å²) in [5.41, 5.74) is 4.25. The minimum Gasteiger partial charge on any atom is -0.478 e. The summed E-state index contributed by atoms with van der Waals surface area (Å²) in [6, 6.07) is 20.1. The molecule has 0 saturated heterocycles. The Hall–Kier alpha value is -3.87. The van der Waals surface area contributed by atoms with Gasteiger partial charge in [-0.2, -0.15) is 10.1 Å². The number of carboxylic acid groups (broad SMARTS) is 1. The molecule has 0 unspecified atom stereocenters. The molecule has 0 radical (unpaired) electrons. The zero-order chi connectivity index (χ0) is 24.7. The quantitative estimate of drug-likeness (QED) is 0.315. The number of aromatic nitrogens is 1. The van der Waals surface area contributed by atoms with Gasteiger partial charge in [-0.25, -0.2) is 4.79 Å². The lowest BCUT2D eigenvalue weighted by atomic mass is 10.1. The number of para-hydroxylation sites is 1. The molecule has 4 aromatic rings. The van der Waals surface area contributed by atoms with E-state index in [9.17, 15) is 14.7 Å². The minimum atomic E-state index is -1.17. The van der Waals surface area contributed by atoms with E-state index in [1.54, 1.807) is 13.0 Å². The second-order valence-corrected chi connectivity index (χ2v) is 9.03. The van der Waals surface area contributed by atoms with E-state index in [-0.39, 0.29) is 16.5 Å². The molecule has 0 fully saturated rings. The summed E-state index contributed by atoms with van der Waals surface area (Å²) in [5.74, 6) is -1.51. The first-order valence-electron chi connectivity index (χ1n) is 10.8. The van der Waals surface area contributed by atoms with E-state index >= 15 is 0 Å². The summed E-state index contributed by atoms with van der Waals surface area (Å²) >= 11 is 12.0. The number of amides is 1. The molecule has 5 rings (SSSR count). The molecular formula is C27H19Cl2N3O3. The van der Waals surface area contributed by atoms with Crippen molar-refractivity contribution in [3.05, 3.63) is 105 Å². The van der Waals surface area contributed by atoms with Crippen LogP contribution in [0.3, 0.4) is 0 Å². The van der Waals surface area contributed by atoms with Crippen LogP contribution in [0.4, 0.5) is 5.69 Å². The fourth-order valence-corrected chi connectivity index (χ4v) is 4.46. The minimum absolute atomic E-state index is 0.0903. The predicted octanol–water partition coefficient (Wildman–Crippen LogP) is 6.50. The van der Waals surface area contributed by atoms with E-state index < -0.39 is 5.97 Å². The number of carbonyl (C=O) groups is 2. The lowest BCUT2D eigenvalue weighted by Gasteiger charge is -2.13. The van der Waals surface area contributed by atoms with E-state index in [4.69, 9.17) is 23.2 Å². The molecule has 35 heavy (non-hydrogen) atoms. The zero-order valence-corrected chi connectivity index (χ0v) is 20.1. The van der Waals surface area contributed by atoms with Gasteiger partial charge in [-0.3, -0.25) is 4.79 Å². The Bertz CT molecular complexity index is 1550. The summed E-state index contributed by atoms with van der Waals surface area (Å²) in [7, 11) is 0. The molecule has 1 N–H and O–H groups in total. The van der Waals surface area contributed by atoms with Gasteiger partial charge in [0.1, 0.15) is 0 Å². The smallest absolute Gasteiger partial charge is 0.337 e. The second kappa shape index (κ2) is 9.06. The Morgan fingerprint density at radius 3 is 2.54 bits per heavy atom. The van der Waals surface area contributed by atoms with Crippen LogP contribution in [-0.4, -0.2) is 27.3 Å². The molecule has 3 aromatic carbocycles. The average Bonchev–Trinajstić information content (AvgIpc) is 3.33. The Balaban J connectivity index is 1.52. The van der Waals surface area contributed by atoms with Gasteiger partial charge >= 0.3 is 5.97 Å². The summed E-state index contributed by atoms with van der Waals surface area (Å²) < 4.78 is 2.13. The van der Waals surface area contributed by atoms with Gasteiger partial charge in [0.15, 0.2) is 0 Å². The summed E-state index contributed by atoms with van der Waals surface area (Å²) in [5, 5.41) is 16.8. The van der Waals surface area contributed by atoms with Crippen molar-refractivity contribution in [3.63, 3.8) is 0 Å². The van der Waals surface area contributed by atoms with Gasteiger partial charge in [-0.05, 0) is 55.0 Å². The summed E-state index contributed by atoms with van der Waals surface area (Å²) in [6.07, 6.45) is 3.84. The number of fused-ring (bicyclic) bond motifs is 1. The van der Waals surface area contributed by atoms with Crippen molar-refractivity contribution < 1.29 is 14.7 Å². The van der Waals surface area contributed by atoms with Crippen LogP contribution >= 0.6 is 23.2 Å². The number of carboxylic acids is 1. The van der Waals surface area contributed by atoms with Gasteiger partial charge < -0.3 is 9.67 Å². The highest BCUT2D eigenvalue weighted by Crippen LogP contribution is 2.31. The predicted molar refractivity (Wildman–Crippen MR) is 139 cm³/mol. The molecule has 8 heteroatoms. The maximum atomic E-state index is 13.3. The van der Waals surface area contributed by atoms with Gasteiger partial charge in [-0.1, -0.05) is 53.5 Å². The van der Waals surface area contributed by atoms with E-state index in [1.165, 1.54) is 17.1 Å². The molecule has 1 aromatic heterocycles. The number of anilines is 1. The highest BCUT2D eigenvalue weighted by atomic mass is 35.5. The number of aromatic carboxylic acids is 1. The van der Waals surface area contributed by atoms with Crippen LogP contribution in [0, 0.1) is 0 Å². The molecule has 0 aliphatic carbocycles. The standard InChI is InChI=1S/C27H19Cl2N3O3/c1-16-22(26(33)32(30-16)20-10-11-24(29)23(13-20)27(34)35)12-18-15-31(25-5-3-2-4-21(18)25)14-17-6-8-19(28)9-7-17/h2-13,15H,14H2,1H3,(H,34,35). The SMILES string of the molecule is CC1=NN(c2ccc(Cl)c(C(=O)O)c2)C(=O)C1=Cc1cn(Cc2ccc(Cl)cc2)c2ccccc12. The zero-order valence-electron chi connectivity index (χ0n) is 18.6. The number of benzene rings is 3. The number of hydrogen-bond donors (Lipinski definition) is 1. The molecule has 2 heterocycles. The van der Waals surface area contributed by atoms with Crippen molar-refractivity contribution >= 4 is 63.5 Å². The molecule has 0 atom stereocenters. The number of hydrazone groups is 1. The third kappa shape index (κ3) is 4.34. The summed E-state index contributed by atoms with van der Waals surface area (Å²) in [4.78, 5) is 24.8. The van der Waals surface area contributed by atoms with Crippen LogP contribution in [0.5, 0.6) is 0 Å². The van der Waals surface area contributed by atoms with Gasteiger partial charge in [0.2, 0.25) is 0 Å². The Morgan fingerprint density at radius 1 is 1.06 bits per heavy atom. The number of nitrogens with zero attached hydrogens (tertiary/aromatic N) is 3. The Morgan fingerprint density at radius 2 is 1.80 bits per heavy atom. The van der Waals surface area contributed by atoms with E-state index in [2.05, 4.69) is 9.67 Å². The van der Waals surface area contributed by atoms with E-state index in [0.717, 1.165) is 22.0 Å². The number of carbonyl (C=O) groups excluding carboxylic acids is 1. The lowest BCUT2D eigenvalue weighted by Crippen LogP contribution is -2.21. The van der Waals surface area contributed by atoms with Crippen LogP contribution in [0.25, 0.3) is 17.0 Å². The molecule has 0 saturated carbocycles. The lowest BCUT2D eigenvalue weighted by molar-refractivity contribution is -0.114. The van der Waals surface area contributed by atoms with Crippen molar-refractivity contribution in [1.82, 2.24) is 4.57 Å². The molecule has 0 spiro atoms. The topological polar surface area (TPSA) is 74.9 Å². The molecule has 6 nitrogen and oxygen atoms in total. The van der Waals surface area contributed by atoms with E-state index in [0.29, 0.717) is 28.5 Å². The molecule has 1 amide bonds. The van der Waals surface area contributed by atoms with Crippen LogP contribution in [0.1, 0.15) is 28.4 Å². The third-order valence-corrected chi connectivity index (χ3v) is 6.45. The van der Waals surface area contributed by atoms with Crippen molar-refractivity contribution in [2.24, 2.45) is 5.10 Å². The number of halogens is 2. The van der Waals surface area contributed by atoms with Crippen LogP contribution < -0.4 is 5.01 Å². The largest absolute Gasteiger partial charge is 0.478 e. The maximum Gasteiger partial charge on any atom is 0.337 e.